The molecule has 0 saturated heterocycles. The second-order valence-corrected chi connectivity index (χ2v) is 9.81. The quantitative estimate of drug-likeness (QED) is 0.546. The first-order valence-electron chi connectivity index (χ1n) is 9.79. The van der Waals surface area contributed by atoms with Gasteiger partial charge in [-0.1, -0.05) is 36.9 Å². The number of hydrogen-bond donors (Lipinski definition) is 2. The number of rotatable bonds is 6. The molecule has 2 aromatic carbocycles. The fourth-order valence-electron chi connectivity index (χ4n) is 3.30. The lowest BCUT2D eigenvalue weighted by atomic mass is 10.00. The molecule has 1 heterocycles. The van der Waals surface area contributed by atoms with Gasteiger partial charge in [-0.3, -0.25) is 4.98 Å². The van der Waals surface area contributed by atoms with Crippen molar-refractivity contribution >= 4 is 21.8 Å². The number of pyridine rings is 1. The molecule has 0 radical (unpaired) electrons. The highest BCUT2D eigenvalue weighted by Gasteiger charge is 2.25. The first-order chi connectivity index (χ1) is 14.6. The molecule has 0 aliphatic heterocycles. The first-order valence-corrected chi connectivity index (χ1v) is 11.3. The van der Waals surface area contributed by atoms with Gasteiger partial charge >= 0.3 is 0 Å². The Balaban J connectivity index is 2.07. The molecule has 31 heavy (non-hydrogen) atoms. The maximum atomic E-state index is 15.1. The second kappa shape index (κ2) is 8.61. The first kappa shape index (κ1) is 22.7. The van der Waals surface area contributed by atoms with Crippen molar-refractivity contribution in [3.8, 4) is 22.3 Å². The van der Waals surface area contributed by atoms with Crippen LogP contribution in [0.15, 0.2) is 66.2 Å². The SMILES string of the molecule is C=Cc1ncc(-c2ccc(-c3ccccc3S(=O)(=O)NC(C)(C)C)cc2F)cc1NC. The van der Waals surface area contributed by atoms with E-state index in [4.69, 9.17) is 0 Å². The van der Waals surface area contributed by atoms with Gasteiger partial charge in [-0.25, -0.2) is 17.5 Å². The van der Waals surface area contributed by atoms with E-state index >= 15 is 4.39 Å². The van der Waals surface area contributed by atoms with Crippen molar-refractivity contribution in [3.05, 3.63) is 72.8 Å². The van der Waals surface area contributed by atoms with E-state index in [-0.39, 0.29) is 4.90 Å². The summed E-state index contributed by atoms with van der Waals surface area (Å²) in [5, 5.41) is 3.03. The van der Waals surface area contributed by atoms with Crippen molar-refractivity contribution in [2.45, 2.75) is 31.2 Å². The zero-order valence-electron chi connectivity index (χ0n) is 18.0. The maximum absolute atomic E-state index is 15.1. The summed E-state index contributed by atoms with van der Waals surface area (Å²) in [6.07, 6.45) is 3.21. The molecule has 0 fully saturated rings. The lowest BCUT2D eigenvalue weighted by Gasteiger charge is -2.21. The minimum Gasteiger partial charge on any atom is -0.386 e. The second-order valence-electron chi connectivity index (χ2n) is 8.16. The van der Waals surface area contributed by atoms with Gasteiger partial charge in [0.05, 0.1) is 16.3 Å². The minimum atomic E-state index is -3.79. The average Bonchev–Trinajstić information content (AvgIpc) is 2.71. The third-order valence-corrected chi connectivity index (χ3v) is 6.41. The van der Waals surface area contributed by atoms with Crippen molar-refractivity contribution in [2.75, 3.05) is 12.4 Å². The maximum Gasteiger partial charge on any atom is 0.241 e. The summed E-state index contributed by atoms with van der Waals surface area (Å²) < 4.78 is 43.6. The van der Waals surface area contributed by atoms with E-state index in [9.17, 15) is 8.42 Å². The minimum absolute atomic E-state index is 0.103. The lowest BCUT2D eigenvalue weighted by molar-refractivity contribution is 0.491. The van der Waals surface area contributed by atoms with Crippen molar-refractivity contribution in [1.29, 1.82) is 0 Å². The molecule has 2 N–H and O–H groups in total. The van der Waals surface area contributed by atoms with Crippen molar-refractivity contribution in [1.82, 2.24) is 9.71 Å². The Morgan fingerprint density at radius 1 is 1.03 bits per heavy atom. The number of halogens is 1. The Labute approximate surface area is 183 Å². The predicted octanol–water partition coefficient (Wildman–Crippen LogP) is 5.32. The summed E-state index contributed by atoms with van der Waals surface area (Å²) in [4.78, 5) is 4.41. The van der Waals surface area contributed by atoms with Crippen LogP contribution in [0.25, 0.3) is 28.3 Å². The van der Waals surface area contributed by atoms with Gasteiger partial charge < -0.3 is 5.32 Å². The van der Waals surface area contributed by atoms with Gasteiger partial charge in [0.2, 0.25) is 10.0 Å². The monoisotopic (exact) mass is 439 g/mol. The van der Waals surface area contributed by atoms with E-state index in [0.29, 0.717) is 27.9 Å². The third-order valence-electron chi connectivity index (χ3n) is 4.59. The number of nitrogens with zero attached hydrogens (tertiary/aromatic N) is 1. The molecule has 3 aromatic rings. The van der Waals surface area contributed by atoms with E-state index in [2.05, 4.69) is 21.6 Å². The van der Waals surface area contributed by atoms with Crippen LogP contribution in [0, 0.1) is 5.82 Å². The molecule has 0 spiro atoms. The molecule has 0 amide bonds. The van der Waals surface area contributed by atoms with E-state index in [1.165, 1.54) is 12.1 Å². The van der Waals surface area contributed by atoms with Crippen LogP contribution in [0.2, 0.25) is 0 Å². The van der Waals surface area contributed by atoms with Crippen LogP contribution in [0.4, 0.5) is 10.1 Å². The number of benzene rings is 2. The molecular formula is C24H26FN3O2S. The number of nitrogens with one attached hydrogen (secondary N) is 2. The Bertz CT molecular complexity index is 1230. The van der Waals surface area contributed by atoms with Crippen LogP contribution < -0.4 is 10.0 Å². The fourth-order valence-corrected chi connectivity index (χ4v) is 4.95. The van der Waals surface area contributed by atoms with Gasteiger partial charge in [-0.15, -0.1) is 0 Å². The molecule has 5 nitrogen and oxygen atoms in total. The molecule has 3 rings (SSSR count). The normalized spacial score (nSPS) is 11.9. The summed E-state index contributed by atoms with van der Waals surface area (Å²) in [5.74, 6) is -0.469. The molecule has 0 atom stereocenters. The fraction of sp³-hybridized carbons (Fsp3) is 0.208. The highest BCUT2D eigenvalue weighted by Crippen LogP contribution is 2.33. The van der Waals surface area contributed by atoms with E-state index < -0.39 is 21.4 Å². The third kappa shape index (κ3) is 5.00. The van der Waals surface area contributed by atoms with Crippen LogP contribution in [0.5, 0.6) is 0 Å². The standard InChI is InChI=1S/C24H26FN3O2S/c1-6-21-22(26-5)14-17(15-27-21)18-12-11-16(13-20(18)25)19-9-7-8-10-23(19)31(29,30)28-24(2,3)4/h6-15,26,28H,1H2,2-5H3. The highest BCUT2D eigenvalue weighted by molar-refractivity contribution is 7.89. The molecule has 0 saturated carbocycles. The average molecular weight is 440 g/mol. The number of hydrogen-bond acceptors (Lipinski definition) is 4. The Morgan fingerprint density at radius 3 is 2.35 bits per heavy atom. The van der Waals surface area contributed by atoms with Crippen LogP contribution >= 0.6 is 0 Å². The zero-order chi connectivity index (χ0) is 22.8. The highest BCUT2D eigenvalue weighted by atomic mass is 32.2. The number of sulfonamides is 1. The van der Waals surface area contributed by atoms with Crippen LogP contribution in [0.3, 0.4) is 0 Å². The molecule has 0 aliphatic carbocycles. The lowest BCUT2D eigenvalue weighted by Crippen LogP contribution is -2.40. The molecular weight excluding hydrogens is 413 g/mol. The summed E-state index contributed by atoms with van der Waals surface area (Å²) in [5.41, 5.74) is 2.65. The molecule has 1 aromatic heterocycles. The van der Waals surface area contributed by atoms with Gasteiger partial charge in [0.25, 0.3) is 0 Å². The number of anilines is 1. The Kier molecular flexibility index (Phi) is 6.29. The van der Waals surface area contributed by atoms with Crippen molar-refractivity contribution in [2.24, 2.45) is 0 Å². The van der Waals surface area contributed by atoms with Gasteiger partial charge in [-0.05, 0) is 50.6 Å². The van der Waals surface area contributed by atoms with Gasteiger partial charge in [0, 0.05) is 35.5 Å². The molecule has 0 aliphatic rings. The largest absolute Gasteiger partial charge is 0.386 e. The smallest absolute Gasteiger partial charge is 0.241 e. The summed E-state index contributed by atoms with van der Waals surface area (Å²) in [6.45, 7) is 9.04. The molecule has 162 valence electrons. The van der Waals surface area contributed by atoms with E-state index in [1.54, 1.807) is 76.5 Å². The van der Waals surface area contributed by atoms with E-state index in [0.717, 1.165) is 5.69 Å². The van der Waals surface area contributed by atoms with Gasteiger partial charge in [-0.2, -0.15) is 0 Å². The summed E-state index contributed by atoms with van der Waals surface area (Å²) in [6, 6.07) is 13.1. The number of aromatic nitrogens is 1. The molecule has 0 bridgehead atoms. The summed E-state index contributed by atoms with van der Waals surface area (Å²) in [7, 11) is -2.03. The van der Waals surface area contributed by atoms with Crippen LogP contribution in [-0.4, -0.2) is 26.0 Å². The predicted molar refractivity (Wildman–Crippen MR) is 125 cm³/mol. The van der Waals surface area contributed by atoms with Crippen LogP contribution in [0.1, 0.15) is 26.5 Å². The van der Waals surface area contributed by atoms with Crippen LogP contribution in [-0.2, 0) is 10.0 Å². The Morgan fingerprint density at radius 2 is 1.74 bits per heavy atom. The summed E-state index contributed by atoms with van der Waals surface area (Å²) >= 11 is 0. The topological polar surface area (TPSA) is 71.1 Å². The zero-order valence-corrected chi connectivity index (χ0v) is 18.8. The van der Waals surface area contributed by atoms with Gasteiger partial charge in [0.1, 0.15) is 5.82 Å². The Hall–Kier alpha value is -3.03. The van der Waals surface area contributed by atoms with Crippen molar-refractivity contribution in [3.63, 3.8) is 0 Å². The van der Waals surface area contributed by atoms with E-state index in [1.807, 2.05) is 0 Å². The molecule has 7 heteroatoms. The van der Waals surface area contributed by atoms with Gasteiger partial charge in [0.15, 0.2) is 0 Å². The molecule has 0 unspecified atom stereocenters. The van der Waals surface area contributed by atoms with Crippen molar-refractivity contribution < 1.29 is 12.8 Å².